The predicted molar refractivity (Wildman–Crippen MR) is 31.9 cm³/mol. The van der Waals surface area contributed by atoms with E-state index in [1.807, 2.05) is 0 Å². The van der Waals surface area contributed by atoms with E-state index in [2.05, 4.69) is 6.92 Å². The minimum Gasteiger partial charge on any atom is 0 e. The third-order valence-corrected chi connectivity index (χ3v) is 2.22. The van der Waals surface area contributed by atoms with Gasteiger partial charge in [-0.25, -0.2) is 0 Å². The third-order valence-electron chi connectivity index (χ3n) is 0.632. The van der Waals surface area contributed by atoms with Gasteiger partial charge in [0.15, 0.2) is 0 Å². The Labute approximate surface area is 71.8 Å². The van der Waals surface area contributed by atoms with E-state index in [1.54, 1.807) is 0 Å². The van der Waals surface area contributed by atoms with Crippen molar-refractivity contribution in [2.24, 2.45) is 0 Å². The molecule has 0 bridgehead atoms. The summed E-state index contributed by atoms with van der Waals surface area (Å²) in [6.07, 6.45) is 2.37. The maximum absolute atomic E-state index is 9.86. The maximum Gasteiger partial charge on any atom is 0 e. The Morgan fingerprint density at radius 3 is 2.29 bits per heavy atom. The monoisotopic (exact) mass is 313 g/mol. The van der Waals surface area contributed by atoms with Gasteiger partial charge in [0.25, 0.3) is 0 Å². The summed E-state index contributed by atoms with van der Waals surface area (Å²) in [6.45, 7) is 2.12. The second-order valence-corrected chi connectivity index (χ2v) is 3.50. The molecule has 0 N–H and O–H groups in total. The predicted octanol–water partition coefficient (Wildman–Crippen LogP) is 0.874. The van der Waals surface area contributed by atoms with Crippen LogP contribution in [-0.4, -0.2) is 45.0 Å². The van der Waals surface area contributed by atoms with E-state index in [1.165, 1.54) is 12.8 Å². The smallest absolute Gasteiger partial charge is 0 e. The molecule has 0 amide bonds. The molecule has 0 saturated carbocycles. The van der Waals surface area contributed by atoms with Gasteiger partial charge in [-0.1, -0.05) is 0 Å². The van der Waals surface area contributed by atoms with Gasteiger partial charge >= 0.3 is 48.4 Å². The van der Waals surface area contributed by atoms with Crippen LogP contribution in [0.4, 0.5) is 0 Å². The van der Waals surface area contributed by atoms with Crippen LogP contribution in [0.5, 0.6) is 0 Å². The summed E-state index contributed by atoms with van der Waals surface area (Å²) in [5, 5.41) is 0. The first-order valence-electron chi connectivity index (χ1n) is 2.26. The molecule has 0 fully saturated rings. The fraction of sp³-hybridized carbons (Fsp3) is 1.00. The topological polar surface area (TPSA) is 17.1 Å². The average molecular weight is 311 g/mol. The first-order chi connectivity index (χ1) is 2.91. The molecule has 0 saturated heterocycles. The van der Waals surface area contributed by atoms with E-state index in [0.29, 0.717) is 0 Å². The minimum atomic E-state index is -1.06. The standard InChI is InChI=1S/C4H9.O.2Sn/c1-3-4-2;;;/h1,3-4H2,2H3;;;. The molecule has 0 aliphatic carbocycles. The molecule has 0 aliphatic heterocycles. The molecule has 0 aromatic carbocycles. The van der Waals surface area contributed by atoms with Crippen molar-refractivity contribution in [3.8, 4) is 0 Å². The molecule has 0 rings (SSSR count). The van der Waals surface area contributed by atoms with E-state index in [-0.39, 0.29) is 23.9 Å². The van der Waals surface area contributed by atoms with Crippen LogP contribution in [0.2, 0.25) is 4.44 Å². The largest absolute Gasteiger partial charge is 0 e. The Bertz CT molecular complexity index is 38.7. The van der Waals surface area contributed by atoms with Crippen LogP contribution in [0.25, 0.3) is 0 Å². The first-order valence-corrected chi connectivity index (χ1v) is 5.45. The third kappa shape index (κ3) is 11.1. The number of hydrogen-bond acceptors (Lipinski definition) is 1. The molecule has 0 atom stereocenters. The SMILES string of the molecule is CCC[CH2][Sn]=[O].[Sn]. The van der Waals surface area contributed by atoms with Crippen LogP contribution in [-0.2, 0) is 3.08 Å². The average Bonchev–Trinajstić information content (AvgIpc) is 1.61. The van der Waals surface area contributed by atoms with Crippen LogP contribution in [0.15, 0.2) is 0 Å². The first kappa shape index (κ1) is 11.2. The van der Waals surface area contributed by atoms with Gasteiger partial charge < -0.3 is 0 Å². The molecule has 39 valence electrons. The zero-order valence-electron chi connectivity index (χ0n) is 4.53. The summed E-state index contributed by atoms with van der Waals surface area (Å²) < 4.78 is 10.9. The Hall–Kier alpha value is 1.40. The Balaban J connectivity index is 0. The van der Waals surface area contributed by atoms with Gasteiger partial charge in [0, 0.05) is 23.9 Å². The molecule has 0 aromatic heterocycles. The van der Waals surface area contributed by atoms with Gasteiger partial charge in [-0.2, -0.15) is 0 Å². The maximum atomic E-state index is 9.86. The normalized spacial score (nSPS) is 7.00. The minimum absolute atomic E-state index is 0. The summed E-state index contributed by atoms with van der Waals surface area (Å²) in [5.41, 5.74) is 0. The molecule has 0 heterocycles. The summed E-state index contributed by atoms with van der Waals surface area (Å²) >= 11 is -1.06. The fourth-order valence-electron chi connectivity index (χ4n) is 0.249. The van der Waals surface area contributed by atoms with Crippen molar-refractivity contribution in [2.75, 3.05) is 0 Å². The molecule has 1 nitrogen and oxygen atoms in total. The quantitative estimate of drug-likeness (QED) is 0.558. The van der Waals surface area contributed by atoms with Gasteiger partial charge in [0.05, 0.1) is 0 Å². The summed E-state index contributed by atoms with van der Waals surface area (Å²) in [5.74, 6) is 0. The van der Waals surface area contributed by atoms with Crippen LogP contribution >= 0.6 is 0 Å². The number of unbranched alkanes of at least 4 members (excludes halogenated alkanes) is 1. The second-order valence-electron chi connectivity index (χ2n) is 1.25. The van der Waals surface area contributed by atoms with E-state index in [0.717, 1.165) is 4.44 Å². The van der Waals surface area contributed by atoms with Crippen molar-refractivity contribution < 1.29 is 3.08 Å². The van der Waals surface area contributed by atoms with Crippen LogP contribution < -0.4 is 0 Å². The molecule has 0 unspecified atom stereocenters. The Morgan fingerprint density at radius 2 is 2.14 bits per heavy atom. The van der Waals surface area contributed by atoms with Gasteiger partial charge in [-0.05, 0) is 0 Å². The number of rotatable bonds is 3. The summed E-state index contributed by atoms with van der Waals surface area (Å²) in [4.78, 5) is 0. The molecule has 0 aliphatic rings. The van der Waals surface area contributed by atoms with Gasteiger partial charge in [0.1, 0.15) is 0 Å². The zero-order valence-corrected chi connectivity index (χ0v) is 10.2. The molecule has 5 radical (unpaired) electrons. The molecule has 7 heavy (non-hydrogen) atoms. The Kier molecular flexibility index (Phi) is 16.7. The molecular formula is C4H9OSn2. The van der Waals surface area contributed by atoms with E-state index < -0.39 is 21.1 Å². The van der Waals surface area contributed by atoms with Crippen molar-refractivity contribution in [2.45, 2.75) is 24.2 Å². The zero-order chi connectivity index (χ0) is 4.83. The Morgan fingerprint density at radius 1 is 1.57 bits per heavy atom. The molecule has 0 aromatic rings. The van der Waals surface area contributed by atoms with Crippen molar-refractivity contribution >= 4 is 45.0 Å². The van der Waals surface area contributed by atoms with Gasteiger partial charge in [0.2, 0.25) is 0 Å². The van der Waals surface area contributed by atoms with Crippen LogP contribution in [0.1, 0.15) is 19.8 Å². The van der Waals surface area contributed by atoms with Gasteiger partial charge in [-0.3, -0.25) is 0 Å². The second kappa shape index (κ2) is 10.4. The van der Waals surface area contributed by atoms with Crippen LogP contribution in [0, 0.1) is 0 Å². The summed E-state index contributed by atoms with van der Waals surface area (Å²) in [7, 11) is 0. The summed E-state index contributed by atoms with van der Waals surface area (Å²) in [6, 6.07) is 0. The van der Waals surface area contributed by atoms with Gasteiger partial charge in [-0.15, -0.1) is 0 Å². The molecule has 3 heteroatoms. The van der Waals surface area contributed by atoms with Crippen molar-refractivity contribution in [1.29, 1.82) is 0 Å². The molecular weight excluding hydrogens is 301 g/mol. The van der Waals surface area contributed by atoms with E-state index >= 15 is 0 Å². The van der Waals surface area contributed by atoms with Crippen molar-refractivity contribution in [1.82, 2.24) is 0 Å². The van der Waals surface area contributed by atoms with Crippen LogP contribution in [0.3, 0.4) is 0 Å². The van der Waals surface area contributed by atoms with E-state index in [9.17, 15) is 3.08 Å². The van der Waals surface area contributed by atoms with E-state index in [4.69, 9.17) is 0 Å². The van der Waals surface area contributed by atoms with Crippen molar-refractivity contribution in [3.63, 3.8) is 0 Å². The fourth-order valence-corrected chi connectivity index (χ4v) is 1.67. The number of hydrogen-bond donors (Lipinski definition) is 0. The molecule has 0 spiro atoms. The van der Waals surface area contributed by atoms with Crippen molar-refractivity contribution in [3.05, 3.63) is 0 Å².